The van der Waals surface area contributed by atoms with Crippen LogP contribution in [0.3, 0.4) is 0 Å². The fraction of sp³-hybridized carbons (Fsp3) is 0.955. The van der Waals surface area contributed by atoms with Gasteiger partial charge >= 0.3 is 11.8 Å². The fourth-order valence-corrected chi connectivity index (χ4v) is 3.69. The van der Waals surface area contributed by atoms with Gasteiger partial charge in [0.15, 0.2) is 0 Å². The predicted octanol–water partition coefficient (Wildman–Crippen LogP) is 9.14. The van der Waals surface area contributed by atoms with Crippen LogP contribution in [0.15, 0.2) is 0 Å². The van der Waals surface area contributed by atoms with E-state index in [-0.39, 0.29) is 11.8 Å². The summed E-state index contributed by atoms with van der Waals surface area (Å²) in [6.07, 6.45) is 15.5. The van der Waals surface area contributed by atoms with Crippen molar-refractivity contribution in [1.82, 2.24) is 10.7 Å². The molecule has 32 heavy (non-hydrogen) atoms. The van der Waals surface area contributed by atoms with E-state index >= 15 is 0 Å². The molecule has 0 saturated carbocycles. The van der Waals surface area contributed by atoms with Gasteiger partial charge in [-0.1, -0.05) is 147 Å². The summed E-state index contributed by atoms with van der Waals surface area (Å²) < 4.78 is 56.6. The maximum atomic E-state index is 13.3. The third-order valence-corrected chi connectivity index (χ3v) is 8.05. The zero-order chi connectivity index (χ0) is 24.5. The smallest absolute Gasteiger partial charge is 0.335 e. The van der Waals surface area contributed by atoms with Gasteiger partial charge < -0.3 is 4.74 Å². The lowest BCUT2D eigenvalue weighted by molar-refractivity contribution is -0.445. The number of alkyl halides is 2. The second-order valence-electron chi connectivity index (χ2n) is 8.63. The number of halogens is 6. The summed E-state index contributed by atoms with van der Waals surface area (Å²) in [6.45, 7) is 3.57. The minimum atomic E-state index is -3.38. The first-order chi connectivity index (χ1) is 15.1. The lowest BCUT2D eigenvalue weighted by atomic mass is 10.0. The highest BCUT2D eigenvalue weighted by Gasteiger charge is 2.53. The van der Waals surface area contributed by atoms with Gasteiger partial charge in [-0.3, -0.25) is 4.79 Å². The molecule has 0 aliphatic heterocycles. The molecule has 0 amide bonds. The number of carbonyl (C=O) groups excluding carboxylic acids is 1. The van der Waals surface area contributed by atoms with Crippen LogP contribution in [-0.2, 0) is 9.53 Å². The van der Waals surface area contributed by atoms with Gasteiger partial charge in [-0.05, 0) is 13.3 Å². The fourth-order valence-electron chi connectivity index (χ4n) is 3.38. The van der Waals surface area contributed by atoms with Gasteiger partial charge in [-0.15, -0.1) is 0 Å². The van der Waals surface area contributed by atoms with Crippen molar-refractivity contribution < 1.29 is 27.5 Å². The van der Waals surface area contributed by atoms with Gasteiger partial charge in [0, 0.05) is 11.8 Å². The van der Waals surface area contributed by atoms with Crippen LogP contribution < -0.4 is 0 Å². The Kier molecular flexibility index (Phi) is 18.4. The molecule has 0 N–H and O–H groups in total. The van der Waals surface area contributed by atoms with Crippen molar-refractivity contribution in [3.63, 3.8) is 0 Å². The Morgan fingerprint density at radius 1 is 0.750 bits per heavy atom. The number of unbranched alkanes of at least 4 members (excludes halogenated alkanes) is 14. The molecule has 0 aliphatic rings. The average molecular weight is 600 g/mol. The molecular formula is C22H40Br2F4N2O2. The highest BCUT2D eigenvalue weighted by atomic mass is 79.9. The number of esters is 1. The van der Waals surface area contributed by atoms with Crippen LogP contribution in [0.4, 0.5) is 17.9 Å². The standard InChI is InChI=1S/C22H40Br2F4N2O2/c1-3-4-5-6-7-8-9-10-11-12-13-14-15-16-17-18-22(29(25)26,30(27)28)32-20(31)21(2,24)19-23/h3-19H2,1-2H3. The van der Waals surface area contributed by atoms with Crippen LogP contribution in [0.5, 0.6) is 0 Å². The highest BCUT2D eigenvalue weighted by molar-refractivity contribution is 9.12. The highest BCUT2D eigenvalue weighted by Crippen LogP contribution is 2.34. The van der Waals surface area contributed by atoms with Crippen molar-refractivity contribution in [2.24, 2.45) is 0 Å². The molecule has 1 atom stereocenters. The van der Waals surface area contributed by atoms with Crippen LogP contribution in [0.25, 0.3) is 0 Å². The Morgan fingerprint density at radius 3 is 1.41 bits per heavy atom. The van der Waals surface area contributed by atoms with Crippen LogP contribution in [0, 0.1) is 0 Å². The van der Waals surface area contributed by atoms with E-state index in [9.17, 15) is 22.7 Å². The van der Waals surface area contributed by atoms with Gasteiger partial charge in [-0.2, -0.15) is 0 Å². The lowest BCUT2D eigenvalue weighted by Crippen LogP contribution is -2.54. The molecule has 10 heteroatoms. The SMILES string of the molecule is CCCCCCCCCCCCCCCCCC(OC(=O)C(C)(Br)CBr)(N(F)F)N(F)F. The molecule has 1 unspecified atom stereocenters. The van der Waals surface area contributed by atoms with E-state index < -0.39 is 33.3 Å². The molecule has 0 heterocycles. The largest absolute Gasteiger partial charge is 0.419 e. The summed E-state index contributed by atoms with van der Waals surface area (Å²) in [5.74, 6) is -4.58. The Morgan fingerprint density at radius 2 is 1.09 bits per heavy atom. The van der Waals surface area contributed by atoms with E-state index in [1.807, 2.05) is 0 Å². The van der Waals surface area contributed by atoms with Gasteiger partial charge in [0.2, 0.25) is 0 Å². The molecule has 0 aromatic heterocycles. The van der Waals surface area contributed by atoms with E-state index in [4.69, 9.17) is 0 Å². The zero-order valence-electron chi connectivity index (χ0n) is 19.5. The third-order valence-electron chi connectivity index (χ3n) is 5.57. The average Bonchev–Trinajstić information content (AvgIpc) is 2.74. The molecule has 4 nitrogen and oxygen atoms in total. The van der Waals surface area contributed by atoms with Gasteiger partial charge in [0.1, 0.15) is 4.32 Å². The van der Waals surface area contributed by atoms with Gasteiger partial charge in [0.25, 0.3) is 0 Å². The van der Waals surface area contributed by atoms with Crippen LogP contribution >= 0.6 is 31.9 Å². The van der Waals surface area contributed by atoms with Crippen LogP contribution in [0.2, 0.25) is 0 Å². The number of hydrogen-bond acceptors (Lipinski definition) is 4. The van der Waals surface area contributed by atoms with Crippen molar-refractivity contribution in [2.75, 3.05) is 5.33 Å². The quantitative estimate of drug-likeness (QED) is 0.0329. The Labute approximate surface area is 207 Å². The zero-order valence-corrected chi connectivity index (χ0v) is 22.7. The minimum Gasteiger partial charge on any atom is -0.419 e. The molecule has 0 rings (SSSR count). The molecular weight excluding hydrogens is 560 g/mol. The van der Waals surface area contributed by atoms with E-state index in [2.05, 4.69) is 43.5 Å². The second-order valence-corrected chi connectivity index (χ2v) is 10.9. The topological polar surface area (TPSA) is 32.8 Å². The molecule has 0 bridgehead atoms. The summed E-state index contributed by atoms with van der Waals surface area (Å²) in [6, 6.07) is 0. The van der Waals surface area contributed by atoms with Gasteiger partial charge in [0.05, 0.1) is 10.7 Å². The maximum absolute atomic E-state index is 13.3. The van der Waals surface area contributed by atoms with E-state index in [1.54, 1.807) is 0 Å². The summed E-state index contributed by atoms with van der Waals surface area (Å²) in [7, 11) is 0. The second kappa shape index (κ2) is 18.4. The molecule has 0 spiro atoms. The van der Waals surface area contributed by atoms with E-state index in [1.165, 1.54) is 64.7 Å². The number of ether oxygens (including phenoxy) is 1. The first-order valence-electron chi connectivity index (χ1n) is 11.9. The summed E-state index contributed by atoms with van der Waals surface area (Å²) in [4.78, 5) is 12.1. The van der Waals surface area contributed by atoms with Crippen molar-refractivity contribution in [2.45, 2.75) is 127 Å². The summed E-state index contributed by atoms with van der Waals surface area (Å²) in [5, 5.41) is -3.44. The van der Waals surface area contributed by atoms with Gasteiger partial charge in [-0.25, -0.2) is 0 Å². The molecule has 0 fully saturated rings. The molecule has 192 valence electrons. The lowest BCUT2D eigenvalue weighted by Gasteiger charge is -2.34. The first-order valence-corrected chi connectivity index (χ1v) is 13.8. The number of nitrogens with zero attached hydrogens (tertiary/aromatic N) is 2. The third kappa shape index (κ3) is 13.1. The number of hydrogen-bond donors (Lipinski definition) is 0. The van der Waals surface area contributed by atoms with Crippen LogP contribution in [0.1, 0.15) is 117 Å². The summed E-state index contributed by atoms with van der Waals surface area (Å²) >= 11 is 6.02. The Balaban J connectivity index is 4.06. The minimum absolute atomic E-state index is 0.0189. The van der Waals surface area contributed by atoms with E-state index in [0.29, 0.717) is 6.42 Å². The normalized spacial score (nSPS) is 14.2. The van der Waals surface area contributed by atoms with Crippen molar-refractivity contribution in [1.29, 1.82) is 0 Å². The van der Waals surface area contributed by atoms with Crippen LogP contribution in [-0.4, -0.2) is 32.2 Å². The Hall–Kier alpha value is 0.0700. The molecule has 0 aliphatic carbocycles. The number of rotatable bonds is 21. The van der Waals surface area contributed by atoms with E-state index in [0.717, 1.165) is 25.7 Å². The summed E-state index contributed by atoms with van der Waals surface area (Å²) in [5.41, 5.74) is 0. The van der Waals surface area contributed by atoms with Crippen molar-refractivity contribution in [3.05, 3.63) is 0 Å². The first kappa shape index (κ1) is 32.1. The molecule has 0 aromatic rings. The Bertz CT molecular complexity index is 479. The van der Waals surface area contributed by atoms with Crippen molar-refractivity contribution >= 4 is 37.8 Å². The molecule has 0 radical (unpaired) electrons. The predicted molar refractivity (Wildman–Crippen MR) is 128 cm³/mol. The maximum Gasteiger partial charge on any atom is 0.335 e. The van der Waals surface area contributed by atoms with Crippen molar-refractivity contribution in [3.8, 4) is 0 Å². The monoisotopic (exact) mass is 598 g/mol. The molecule has 0 saturated heterocycles. The molecule has 0 aromatic carbocycles. The number of carbonyl (C=O) groups is 1.